The first-order chi connectivity index (χ1) is 9.70. The molecular formula is C14H12FN3O2. The average Bonchev–Trinajstić information content (AvgIpc) is 2.84. The van der Waals surface area contributed by atoms with Gasteiger partial charge in [0.15, 0.2) is 5.82 Å². The third kappa shape index (κ3) is 1.45. The summed E-state index contributed by atoms with van der Waals surface area (Å²) in [4.78, 5) is 18.9. The fourth-order valence-electron chi connectivity index (χ4n) is 2.82. The molecule has 0 saturated carbocycles. The highest BCUT2D eigenvalue weighted by Gasteiger charge is 2.47. The second-order valence-corrected chi connectivity index (χ2v) is 5.28. The van der Waals surface area contributed by atoms with Crippen molar-refractivity contribution < 1.29 is 13.9 Å². The minimum Gasteiger partial charge on any atom is -0.379 e. The molecule has 1 saturated heterocycles. The topological polar surface area (TPSA) is 67.0 Å². The van der Waals surface area contributed by atoms with E-state index in [1.165, 1.54) is 6.20 Å². The summed E-state index contributed by atoms with van der Waals surface area (Å²) in [6, 6.07) is 3.29. The fraction of sp³-hybridized carbons (Fsp3) is 0.286. The summed E-state index contributed by atoms with van der Waals surface area (Å²) in [5.74, 6) is -0.542. The van der Waals surface area contributed by atoms with Gasteiger partial charge in [0, 0.05) is 29.7 Å². The van der Waals surface area contributed by atoms with E-state index in [1.54, 1.807) is 12.1 Å². The molecule has 1 amide bonds. The molecule has 0 atom stereocenters. The standard InChI is InChI=1S/C14H12FN3O2/c15-10-4-16-2-1-8(10)11-3-9-12(18-11)14(6-20-7-14)5-17-13(9)19/h1-4,18H,5-7H2,(H,17,19). The highest BCUT2D eigenvalue weighted by Crippen LogP contribution is 2.38. The lowest BCUT2D eigenvalue weighted by atomic mass is 9.78. The Balaban J connectivity index is 1.87. The van der Waals surface area contributed by atoms with Crippen LogP contribution in [0.2, 0.25) is 0 Å². The number of pyridine rings is 1. The van der Waals surface area contributed by atoms with Gasteiger partial charge in [0.2, 0.25) is 0 Å². The molecule has 0 bridgehead atoms. The Morgan fingerprint density at radius 1 is 1.35 bits per heavy atom. The number of aromatic nitrogens is 2. The Morgan fingerprint density at radius 2 is 2.20 bits per heavy atom. The molecule has 1 fully saturated rings. The van der Waals surface area contributed by atoms with Gasteiger partial charge in [0.05, 0.1) is 30.4 Å². The molecule has 2 N–H and O–H groups in total. The maximum atomic E-state index is 13.8. The molecule has 2 aromatic heterocycles. The summed E-state index contributed by atoms with van der Waals surface area (Å²) in [5.41, 5.74) is 2.24. The molecule has 4 heterocycles. The van der Waals surface area contributed by atoms with E-state index in [9.17, 15) is 9.18 Å². The average molecular weight is 273 g/mol. The van der Waals surface area contributed by atoms with Gasteiger partial charge >= 0.3 is 0 Å². The van der Waals surface area contributed by atoms with E-state index in [0.29, 0.717) is 36.6 Å². The Hall–Kier alpha value is -2.21. The van der Waals surface area contributed by atoms with E-state index in [1.807, 2.05) is 0 Å². The maximum Gasteiger partial charge on any atom is 0.253 e. The molecule has 4 rings (SSSR count). The lowest BCUT2D eigenvalue weighted by Crippen LogP contribution is -2.58. The van der Waals surface area contributed by atoms with Gasteiger partial charge in [0.1, 0.15) is 0 Å². The number of carbonyl (C=O) groups excluding carboxylic acids is 1. The molecule has 6 heteroatoms. The molecule has 2 aliphatic heterocycles. The number of H-pyrrole nitrogens is 1. The second kappa shape index (κ2) is 3.89. The van der Waals surface area contributed by atoms with Crippen LogP contribution in [-0.4, -0.2) is 35.6 Å². The van der Waals surface area contributed by atoms with E-state index in [4.69, 9.17) is 4.74 Å². The number of hydrogen-bond donors (Lipinski definition) is 2. The van der Waals surface area contributed by atoms with Crippen LogP contribution in [0.25, 0.3) is 11.3 Å². The Bertz CT molecular complexity index is 706. The van der Waals surface area contributed by atoms with Crippen LogP contribution < -0.4 is 5.32 Å². The zero-order chi connectivity index (χ0) is 13.7. The van der Waals surface area contributed by atoms with Crippen LogP contribution in [0.5, 0.6) is 0 Å². The van der Waals surface area contributed by atoms with Gasteiger partial charge in [-0.1, -0.05) is 0 Å². The minimum atomic E-state index is -0.412. The molecule has 102 valence electrons. The van der Waals surface area contributed by atoms with Crippen molar-refractivity contribution in [2.75, 3.05) is 19.8 Å². The number of amides is 1. The van der Waals surface area contributed by atoms with Crippen molar-refractivity contribution in [3.05, 3.63) is 41.6 Å². The number of aromatic amines is 1. The first kappa shape index (κ1) is 11.6. The maximum absolute atomic E-state index is 13.8. The predicted molar refractivity (Wildman–Crippen MR) is 68.8 cm³/mol. The van der Waals surface area contributed by atoms with Crippen LogP contribution in [0.1, 0.15) is 16.1 Å². The highest BCUT2D eigenvalue weighted by molar-refractivity contribution is 5.98. The second-order valence-electron chi connectivity index (χ2n) is 5.28. The molecule has 5 nitrogen and oxygen atoms in total. The third-order valence-electron chi connectivity index (χ3n) is 4.00. The van der Waals surface area contributed by atoms with Gasteiger partial charge in [-0.3, -0.25) is 9.78 Å². The smallest absolute Gasteiger partial charge is 0.253 e. The van der Waals surface area contributed by atoms with E-state index in [0.717, 1.165) is 11.9 Å². The molecule has 2 aromatic rings. The number of fused-ring (bicyclic) bond motifs is 2. The number of carbonyl (C=O) groups is 1. The molecule has 0 unspecified atom stereocenters. The van der Waals surface area contributed by atoms with E-state index >= 15 is 0 Å². The van der Waals surface area contributed by atoms with Crippen molar-refractivity contribution >= 4 is 5.91 Å². The summed E-state index contributed by atoms with van der Waals surface area (Å²) >= 11 is 0. The first-order valence-corrected chi connectivity index (χ1v) is 6.39. The minimum absolute atomic E-state index is 0.130. The zero-order valence-corrected chi connectivity index (χ0v) is 10.6. The number of hydrogen-bond acceptors (Lipinski definition) is 3. The van der Waals surface area contributed by atoms with Crippen LogP contribution in [0.15, 0.2) is 24.5 Å². The van der Waals surface area contributed by atoms with Crippen molar-refractivity contribution in [2.45, 2.75) is 5.41 Å². The zero-order valence-electron chi connectivity index (χ0n) is 10.6. The molecule has 20 heavy (non-hydrogen) atoms. The van der Waals surface area contributed by atoms with Crippen LogP contribution in [0.4, 0.5) is 4.39 Å². The van der Waals surface area contributed by atoms with Crippen LogP contribution in [-0.2, 0) is 10.2 Å². The Kier molecular flexibility index (Phi) is 2.26. The molecule has 2 aliphatic rings. The van der Waals surface area contributed by atoms with Gasteiger partial charge in [-0.15, -0.1) is 0 Å². The van der Waals surface area contributed by atoms with E-state index in [-0.39, 0.29) is 11.3 Å². The lowest BCUT2D eigenvalue weighted by Gasteiger charge is -2.43. The van der Waals surface area contributed by atoms with Gasteiger partial charge < -0.3 is 15.0 Å². The Labute approximate surface area is 114 Å². The Morgan fingerprint density at radius 3 is 2.90 bits per heavy atom. The van der Waals surface area contributed by atoms with Gasteiger partial charge in [0.25, 0.3) is 5.91 Å². The van der Waals surface area contributed by atoms with Crippen molar-refractivity contribution in [3.8, 4) is 11.3 Å². The normalized spacial score (nSPS) is 19.4. The fourth-order valence-corrected chi connectivity index (χ4v) is 2.82. The van der Waals surface area contributed by atoms with Crippen molar-refractivity contribution in [2.24, 2.45) is 0 Å². The summed E-state index contributed by atoms with van der Waals surface area (Å²) in [7, 11) is 0. The van der Waals surface area contributed by atoms with Crippen molar-refractivity contribution in [1.82, 2.24) is 15.3 Å². The van der Waals surface area contributed by atoms with Gasteiger partial charge in [-0.25, -0.2) is 4.39 Å². The summed E-state index contributed by atoms with van der Waals surface area (Å²) in [6.45, 7) is 1.69. The van der Waals surface area contributed by atoms with Gasteiger partial charge in [-0.2, -0.15) is 0 Å². The number of ether oxygens (including phenoxy) is 1. The van der Waals surface area contributed by atoms with Crippen LogP contribution in [0, 0.1) is 5.82 Å². The van der Waals surface area contributed by atoms with Crippen LogP contribution >= 0.6 is 0 Å². The largest absolute Gasteiger partial charge is 0.379 e. The summed E-state index contributed by atoms with van der Waals surface area (Å²) in [6.07, 6.45) is 2.69. The molecule has 0 aromatic carbocycles. The number of nitrogens with zero attached hydrogens (tertiary/aromatic N) is 1. The number of halogens is 1. The third-order valence-corrected chi connectivity index (χ3v) is 4.00. The van der Waals surface area contributed by atoms with Gasteiger partial charge in [-0.05, 0) is 12.1 Å². The molecular weight excluding hydrogens is 261 g/mol. The van der Waals surface area contributed by atoms with E-state index in [2.05, 4.69) is 15.3 Å². The molecule has 1 spiro atoms. The van der Waals surface area contributed by atoms with Crippen molar-refractivity contribution in [3.63, 3.8) is 0 Å². The van der Waals surface area contributed by atoms with Crippen molar-refractivity contribution in [1.29, 1.82) is 0 Å². The summed E-state index contributed by atoms with van der Waals surface area (Å²) in [5, 5.41) is 2.87. The first-order valence-electron chi connectivity index (χ1n) is 6.39. The lowest BCUT2D eigenvalue weighted by molar-refractivity contribution is -0.0621. The number of nitrogens with one attached hydrogen (secondary N) is 2. The highest BCUT2D eigenvalue weighted by atomic mass is 19.1. The van der Waals surface area contributed by atoms with E-state index < -0.39 is 5.82 Å². The quantitative estimate of drug-likeness (QED) is 0.821. The summed E-state index contributed by atoms with van der Waals surface area (Å²) < 4.78 is 19.1. The predicted octanol–water partition coefficient (Wildman–Crippen LogP) is 1.23. The molecule has 0 radical (unpaired) electrons. The number of rotatable bonds is 1. The monoisotopic (exact) mass is 273 g/mol. The SMILES string of the molecule is O=C1NCC2(COC2)c2[nH]c(-c3ccncc3F)cc21. The van der Waals surface area contributed by atoms with Crippen LogP contribution in [0.3, 0.4) is 0 Å². The molecule has 0 aliphatic carbocycles.